The third-order valence-corrected chi connectivity index (χ3v) is 3.63. The molecule has 1 heterocycles. The number of guanidine groups is 1. The third-order valence-electron chi connectivity index (χ3n) is 2.93. The highest BCUT2D eigenvalue weighted by atomic mass is 32.1. The molecular formula is C16H28N4OS. The number of hydrogen-bond acceptors (Lipinski definition) is 3. The summed E-state index contributed by atoms with van der Waals surface area (Å²) in [5, 5.41) is 13.6. The molecule has 0 fully saturated rings. The molecule has 124 valence electrons. The van der Waals surface area contributed by atoms with Crippen LogP contribution in [0.15, 0.2) is 21.8 Å². The maximum absolute atomic E-state index is 11.8. The molecule has 6 heteroatoms. The predicted molar refractivity (Wildman–Crippen MR) is 94.6 cm³/mol. The molecule has 22 heavy (non-hydrogen) atoms. The van der Waals surface area contributed by atoms with E-state index in [0.717, 1.165) is 13.1 Å². The quantitative estimate of drug-likeness (QED) is 0.556. The molecule has 1 aromatic rings. The first-order chi connectivity index (χ1) is 10.3. The van der Waals surface area contributed by atoms with Crippen molar-refractivity contribution in [2.75, 3.05) is 19.6 Å². The average Bonchev–Trinajstić information content (AvgIpc) is 2.93. The molecule has 0 bridgehead atoms. The van der Waals surface area contributed by atoms with Gasteiger partial charge in [0.15, 0.2) is 5.96 Å². The summed E-state index contributed by atoms with van der Waals surface area (Å²) in [5.41, 5.74) is 1.09. The summed E-state index contributed by atoms with van der Waals surface area (Å²) in [6, 6.07) is 2.14. The maximum Gasteiger partial charge on any atom is 0.242 e. The molecule has 5 nitrogen and oxygen atoms in total. The Hall–Kier alpha value is -1.56. The van der Waals surface area contributed by atoms with Crippen LogP contribution in [0.2, 0.25) is 0 Å². The molecule has 1 atom stereocenters. The largest absolute Gasteiger partial charge is 0.357 e. The fourth-order valence-corrected chi connectivity index (χ4v) is 2.66. The van der Waals surface area contributed by atoms with Crippen LogP contribution in [-0.4, -0.2) is 37.0 Å². The highest BCUT2D eigenvalue weighted by Crippen LogP contribution is 2.16. The highest BCUT2D eigenvalue weighted by molar-refractivity contribution is 7.07. The summed E-state index contributed by atoms with van der Waals surface area (Å²) in [7, 11) is 0. The van der Waals surface area contributed by atoms with E-state index in [-0.39, 0.29) is 18.0 Å². The average molecular weight is 324 g/mol. The second-order valence-electron chi connectivity index (χ2n) is 6.33. The van der Waals surface area contributed by atoms with E-state index in [1.807, 2.05) is 27.7 Å². The van der Waals surface area contributed by atoms with Crippen LogP contribution in [0.3, 0.4) is 0 Å². The number of aliphatic imine (C=N–C) groups is 1. The first-order valence-electron chi connectivity index (χ1n) is 7.67. The first-order valence-corrected chi connectivity index (χ1v) is 8.61. The zero-order valence-corrected chi connectivity index (χ0v) is 15.0. The zero-order valence-electron chi connectivity index (χ0n) is 14.2. The standard InChI is InChI=1S/C16H28N4OS/c1-6-17-15(19-10-14(21)20-16(3,4)5)18-9-12(2)13-7-8-22-11-13/h7-8,11-12H,6,9-10H2,1-5H3,(H,20,21)(H2,17,18,19). The maximum atomic E-state index is 11.8. The van der Waals surface area contributed by atoms with Crippen LogP contribution in [0.1, 0.15) is 46.1 Å². The van der Waals surface area contributed by atoms with Crippen molar-refractivity contribution in [1.82, 2.24) is 16.0 Å². The summed E-state index contributed by atoms with van der Waals surface area (Å²) in [4.78, 5) is 16.2. The van der Waals surface area contributed by atoms with Crippen molar-refractivity contribution in [1.29, 1.82) is 0 Å². The molecule has 0 saturated carbocycles. The van der Waals surface area contributed by atoms with E-state index in [1.54, 1.807) is 11.3 Å². The number of thiophene rings is 1. The van der Waals surface area contributed by atoms with E-state index in [0.29, 0.717) is 11.9 Å². The van der Waals surface area contributed by atoms with E-state index >= 15 is 0 Å². The monoisotopic (exact) mass is 324 g/mol. The van der Waals surface area contributed by atoms with Gasteiger partial charge in [0, 0.05) is 18.6 Å². The van der Waals surface area contributed by atoms with Crippen LogP contribution in [0.4, 0.5) is 0 Å². The number of rotatable bonds is 6. The van der Waals surface area contributed by atoms with Crippen molar-refractivity contribution < 1.29 is 4.79 Å². The van der Waals surface area contributed by atoms with Gasteiger partial charge in [0.25, 0.3) is 0 Å². The number of nitrogens with one attached hydrogen (secondary N) is 3. The SMILES string of the molecule is CCNC(=NCC(=O)NC(C)(C)C)NCC(C)c1ccsc1. The van der Waals surface area contributed by atoms with Crippen molar-refractivity contribution >= 4 is 23.2 Å². The lowest BCUT2D eigenvalue weighted by Crippen LogP contribution is -2.43. The molecule has 0 saturated heterocycles. The normalized spacial score (nSPS) is 13.6. The molecule has 0 aliphatic carbocycles. The summed E-state index contributed by atoms with van der Waals surface area (Å²) >= 11 is 1.71. The molecule has 0 radical (unpaired) electrons. The minimum atomic E-state index is -0.230. The molecule has 1 rings (SSSR count). The van der Waals surface area contributed by atoms with Crippen molar-refractivity contribution in [3.63, 3.8) is 0 Å². The van der Waals surface area contributed by atoms with Crippen LogP contribution in [-0.2, 0) is 4.79 Å². The Labute approximate surface area is 137 Å². The summed E-state index contributed by atoms with van der Waals surface area (Å²) < 4.78 is 0. The smallest absolute Gasteiger partial charge is 0.242 e. The molecule has 0 aromatic carbocycles. The van der Waals surface area contributed by atoms with Gasteiger partial charge in [-0.2, -0.15) is 11.3 Å². The van der Waals surface area contributed by atoms with E-state index < -0.39 is 0 Å². The van der Waals surface area contributed by atoms with Gasteiger partial charge in [-0.3, -0.25) is 4.79 Å². The lowest BCUT2D eigenvalue weighted by Gasteiger charge is -2.20. The van der Waals surface area contributed by atoms with Crippen molar-refractivity contribution in [2.24, 2.45) is 4.99 Å². The van der Waals surface area contributed by atoms with Crippen LogP contribution in [0.25, 0.3) is 0 Å². The Morgan fingerprint density at radius 2 is 2.09 bits per heavy atom. The van der Waals surface area contributed by atoms with Crippen molar-refractivity contribution in [3.05, 3.63) is 22.4 Å². The predicted octanol–water partition coefficient (Wildman–Crippen LogP) is 2.32. The minimum Gasteiger partial charge on any atom is -0.357 e. The lowest BCUT2D eigenvalue weighted by atomic mass is 10.1. The van der Waals surface area contributed by atoms with Gasteiger partial charge >= 0.3 is 0 Å². The Kier molecular flexibility index (Phi) is 7.38. The molecule has 3 N–H and O–H groups in total. The molecule has 1 amide bonds. The number of hydrogen-bond donors (Lipinski definition) is 3. The summed E-state index contributed by atoms with van der Waals surface area (Å²) in [6.07, 6.45) is 0. The fraction of sp³-hybridized carbons (Fsp3) is 0.625. The van der Waals surface area contributed by atoms with Gasteiger partial charge in [-0.15, -0.1) is 0 Å². The van der Waals surface area contributed by atoms with Gasteiger partial charge in [0.05, 0.1) is 0 Å². The Bertz CT molecular complexity index is 477. The fourth-order valence-electron chi connectivity index (χ4n) is 1.87. The first kappa shape index (κ1) is 18.5. The van der Waals surface area contributed by atoms with E-state index in [1.165, 1.54) is 5.56 Å². The minimum absolute atomic E-state index is 0.0735. The number of amides is 1. The van der Waals surface area contributed by atoms with Crippen LogP contribution in [0, 0.1) is 0 Å². The second-order valence-corrected chi connectivity index (χ2v) is 7.11. The molecular weight excluding hydrogens is 296 g/mol. The zero-order chi connectivity index (χ0) is 16.6. The van der Waals surface area contributed by atoms with Gasteiger partial charge in [-0.05, 0) is 56.0 Å². The number of nitrogens with zero attached hydrogens (tertiary/aromatic N) is 1. The molecule has 0 aliphatic heterocycles. The van der Waals surface area contributed by atoms with E-state index in [2.05, 4.69) is 44.7 Å². The number of carbonyl (C=O) groups excluding carboxylic acids is 1. The topological polar surface area (TPSA) is 65.5 Å². The van der Waals surface area contributed by atoms with E-state index in [4.69, 9.17) is 0 Å². The lowest BCUT2D eigenvalue weighted by molar-refractivity contribution is -0.121. The molecule has 1 aromatic heterocycles. The van der Waals surface area contributed by atoms with Crippen molar-refractivity contribution in [3.8, 4) is 0 Å². The van der Waals surface area contributed by atoms with Gasteiger partial charge in [0.2, 0.25) is 5.91 Å². The highest BCUT2D eigenvalue weighted by Gasteiger charge is 2.13. The van der Waals surface area contributed by atoms with E-state index in [9.17, 15) is 4.79 Å². The Morgan fingerprint density at radius 1 is 1.36 bits per heavy atom. The molecule has 1 unspecified atom stereocenters. The second kappa shape index (κ2) is 8.78. The van der Waals surface area contributed by atoms with Crippen LogP contribution >= 0.6 is 11.3 Å². The number of carbonyl (C=O) groups is 1. The van der Waals surface area contributed by atoms with Gasteiger partial charge in [-0.25, -0.2) is 4.99 Å². The van der Waals surface area contributed by atoms with Gasteiger partial charge in [-0.1, -0.05) is 6.92 Å². The van der Waals surface area contributed by atoms with Crippen LogP contribution in [0.5, 0.6) is 0 Å². The molecule has 0 aliphatic rings. The Morgan fingerprint density at radius 3 is 2.64 bits per heavy atom. The summed E-state index contributed by atoms with van der Waals surface area (Å²) in [5.74, 6) is 1.00. The molecule has 0 spiro atoms. The van der Waals surface area contributed by atoms with Gasteiger partial charge < -0.3 is 16.0 Å². The third kappa shape index (κ3) is 7.45. The van der Waals surface area contributed by atoms with Gasteiger partial charge in [0.1, 0.15) is 6.54 Å². The summed E-state index contributed by atoms with van der Waals surface area (Å²) in [6.45, 7) is 11.7. The van der Waals surface area contributed by atoms with Crippen molar-refractivity contribution in [2.45, 2.75) is 46.1 Å². The van der Waals surface area contributed by atoms with Crippen LogP contribution < -0.4 is 16.0 Å². The Balaban J connectivity index is 2.50.